The maximum absolute atomic E-state index is 13.2. The Bertz CT molecular complexity index is 930. The fourth-order valence-corrected chi connectivity index (χ4v) is 3.98. The molecule has 35 heavy (non-hydrogen) atoms. The van der Waals surface area contributed by atoms with E-state index in [1.54, 1.807) is 0 Å². The summed E-state index contributed by atoms with van der Waals surface area (Å²) in [7, 11) is 3.95. The van der Waals surface area contributed by atoms with Crippen LogP contribution in [-0.4, -0.2) is 49.6 Å². The van der Waals surface area contributed by atoms with Crippen LogP contribution in [0.2, 0.25) is 0 Å². The number of carbonyl (C=O) groups excluding carboxylic acids is 1. The van der Waals surface area contributed by atoms with E-state index >= 15 is 0 Å². The molecule has 0 aliphatic heterocycles. The van der Waals surface area contributed by atoms with Crippen LogP contribution in [0.5, 0.6) is 5.75 Å². The van der Waals surface area contributed by atoms with Gasteiger partial charge < -0.3 is 15.0 Å². The Balaban J connectivity index is 2.12. The summed E-state index contributed by atoms with van der Waals surface area (Å²) in [6, 6.07) is 18.3. The second-order valence-electron chi connectivity index (χ2n) is 10.9. The smallest absolute Gasteiger partial charge is 0.237 e. The van der Waals surface area contributed by atoms with Gasteiger partial charge in [-0.15, -0.1) is 0 Å². The Hall–Kier alpha value is -2.79. The van der Waals surface area contributed by atoms with Crippen molar-refractivity contribution >= 4 is 11.6 Å². The van der Waals surface area contributed by atoms with Gasteiger partial charge >= 0.3 is 0 Å². The molecule has 2 aromatic rings. The van der Waals surface area contributed by atoms with E-state index in [0.717, 1.165) is 30.0 Å². The van der Waals surface area contributed by atoms with Crippen molar-refractivity contribution in [1.29, 1.82) is 0 Å². The van der Waals surface area contributed by atoms with Crippen LogP contribution in [0.1, 0.15) is 53.5 Å². The van der Waals surface area contributed by atoms with E-state index in [9.17, 15) is 4.79 Å². The second-order valence-corrected chi connectivity index (χ2v) is 10.9. The number of ether oxygens (including phenoxy) is 1. The Labute approximate surface area is 213 Å². The van der Waals surface area contributed by atoms with Gasteiger partial charge in [-0.05, 0) is 84.0 Å². The lowest BCUT2D eigenvalue weighted by Gasteiger charge is -2.36. The molecule has 2 rings (SSSR count). The van der Waals surface area contributed by atoms with Crippen LogP contribution < -0.4 is 15.0 Å². The number of carbonyl (C=O) groups is 1. The Morgan fingerprint density at radius 1 is 1.03 bits per heavy atom. The van der Waals surface area contributed by atoms with Crippen LogP contribution >= 0.6 is 0 Å². The van der Waals surface area contributed by atoms with Crippen LogP contribution in [0.4, 0.5) is 5.69 Å². The first-order chi connectivity index (χ1) is 16.5. The summed E-state index contributed by atoms with van der Waals surface area (Å²) in [6.07, 6.45) is 3.06. The standard InChI is InChI=1S/C30H45N3O2/c1-23(2)18-19-33(22-30(5,6)31-29(34)28(32(7)8)20-24(3)4)26-14-16-27(17-15-26)35-21-25-12-10-9-11-13-25/h9-18,24,28H,19-22H2,1-8H3,(H,31,34)/t28-/m0/s1. The number of hydrogen-bond acceptors (Lipinski definition) is 4. The van der Waals surface area contributed by atoms with Crippen molar-refractivity contribution in [1.82, 2.24) is 10.2 Å². The topological polar surface area (TPSA) is 44.8 Å². The maximum atomic E-state index is 13.2. The quantitative estimate of drug-likeness (QED) is 0.363. The van der Waals surface area contributed by atoms with E-state index in [-0.39, 0.29) is 11.9 Å². The first-order valence-electron chi connectivity index (χ1n) is 12.6. The summed E-state index contributed by atoms with van der Waals surface area (Å²) in [6.45, 7) is 14.7. The van der Waals surface area contributed by atoms with Crippen molar-refractivity contribution in [2.24, 2.45) is 5.92 Å². The Morgan fingerprint density at radius 3 is 2.20 bits per heavy atom. The molecule has 0 aliphatic carbocycles. The third kappa shape index (κ3) is 10.2. The number of amides is 1. The summed E-state index contributed by atoms with van der Waals surface area (Å²) >= 11 is 0. The first kappa shape index (κ1) is 28.4. The van der Waals surface area contributed by atoms with Crippen LogP contribution in [0, 0.1) is 5.92 Å². The number of anilines is 1. The monoisotopic (exact) mass is 479 g/mol. The van der Waals surface area contributed by atoms with Gasteiger partial charge in [0.15, 0.2) is 0 Å². The molecule has 0 spiro atoms. The number of nitrogens with one attached hydrogen (secondary N) is 1. The molecule has 192 valence electrons. The van der Waals surface area contributed by atoms with E-state index in [1.807, 2.05) is 49.3 Å². The zero-order valence-electron chi connectivity index (χ0n) is 23.0. The van der Waals surface area contributed by atoms with Crippen molar-refractivity contribution in [3.63, 3.8) is 0 Å². The average Bonchev–Trinajstić information content (AvgIpc) is 2.79. The molecule has 1 amide bonds. The van der Waals surface area contributed by atoms with E-state index in [4.69, 9.17) is 4.74 Å². The fourth-order valence-electron chi connectivity index (χ4n) is 3.98. The van der Waals surface area contributed by atoms with Crippen LogP contribution in [0.25, 0.3) is 0 Å². The summed E-state index contributed by atoms with van der Waals surface area (Å²) in [5.74, 6) is 1.38. The molecule has 0 bridgehead atoms. The molecule has 0 heterocycles. The summed E-state index contributed by atoms with van der Waals surface area (Å²) in [5, 5.41) is 3.31. The maximum Gasteiger partial charge on any atom is 0.237 e. The van der Waals surface area contributed by atoms with Gasteiger partial charge in [-0.2, -0.15) is 0 Å². The lowest BCUT2D eigenvalue weighted by molar-refractivity contribution is -0.127. The van der Waals surface area contributed by atoms with Gasteiger partial charge in [-0.1, -0.05) is 55.8 Å². The van der Waals surface area contributed by atoms with E-state index in [0.29, 0.717) is 19.1 Å². The highest BCUT2D eigenvalue weighted by Crippen LogP contribution is 2.23. The van der Waals surface area contributed by atoms with Crippen molar-refractivity contribution in [3.8, 4) is 5.75 Å². The van der Waals surface area contributed by atoms with Crippen molar-refractivity contribution in [3.05, 3.63) is 71.8 Å². The highest BCUT2D eigenvalue weighted by molar-refractivity contribution is 5.82. The molecule has 0 saturated heterocycles. The Kier molecular flexibility index (Phi) is 10.8. The van der Waals surface area contributed by atoms with Crippen molar-refractivity contribution in [2.75, 3.05) is 32.1 Å². The SMILES string of the molecule is CC(C)=CCN(CC(C)(C)NC(=O)[C@H](CC(C)C)N(C)C)c1ccc(OCc2ccccc2)cc1. The van der Waals surface area contributed by atoms with E-state index in [1.165, 1.54) is 5.57 Å². The predicted molar refractivity (Wildman–Crippen MR) is 148 cm³/mol. The summed E-state index contributed by atoms with van der Waals surface area (Å²) in [5.41, 5.74) is 3.11. The molecule has 1 atom stereocenters. The molecule has 0 radical (unpaired) electrons. The van der Waals surface area contributed by atoms with E-state index < -0.39 is 5.54 Å². The normalized spacial score (nSPS) is 12.4. The highest BCUT2D eigenvalue weighted by atomic mass is 16.5. The molecule has 2 aromatic carbocycles. The molecular weight excluding hydrogens is 434 g/mol. The molecule has 5 heteroatoms. The molecule has 0 saturated carbocycles. The number of benzene rings is 2. The van der Waals surface area contributed by atoms with Gasteiger partial charge in [0.1, 0.15) is 12.4 Å². The fraction of sp³-hybridized carbons (Fsp3) is 0.500. The number of rotatable bonds is 13. The minimum absolute atomic E-state index is 0.0838. The van der Waals surface area contributed by atoms with Gasteiger partial charge in [0, 0.05) is 18.8 Å². The molecule has 5 nitrogen and oxygen atoms in total. The average molecular weight is 480 g/mol. The highest BCUT2D eigenvalue weighted by Gasteiger charge is 2.29. The van der Waals surface area contributed by atoms with Crippen LogP contribution in [0.15, 0.2) is 66.2 Å². The number of hydrogen-bond donors (Lipinski definition) is 1. The molecule has 1 N–H and O–H groups in total. The van der Waals surface area contributed by atoms with Crippen LogP contribution in [-0.2, 0) is 11.4 Å². The zero-order valence-corrected chi connectivity index (χ0v) is 23.0. The van der Waals surface area contributed by atoms with Gasteiger partial charge in [0.2, 0.25) is 5.91 Å². The lowest BCUT2D eigenvalue weighted by atomic mass is 9.99. The van der Waals surface area contributed by atoms with Gasteiger partial charge in [0.25, 0.3) is 0 Å². The van der Waals surface area contributed by atoms with Crippen LogP contribution in [0.3, 0.4) is 0 Å². The molecule has 0 aliphatic rings. The third-order valence-corrected chi connectivity index (χ3v) is 5.84. The Morgan fingerprint density at radius 2 is 1.66 bits per heavy atom. The largest absolute Gasteiger partial charge is 0.489 e. The summed E-state index contributed by atoms with van der Waals surface area (Å²) < 4.78 is 5.97. The number of nitrogens with zero attached hydrogens (tertiary/aromatic N) is 2. The molecule has 0 fully saturated rings. The third-order valence-electron chi connectivity index (χ3n) is 5.84. The van der Waals surface area contributed by atoms with Gasteiger partial charge in [0.05, 0.1) is 11.6 Å². The van der Waals surface area contributed by atoms with Gasteiger partial charge in [-0.25, -0.2) is 0 Å². The zero-order chi connectivity index (χ0) is 26.0. The molecular formula is C30H45N3O2. The number of allylic oxidation sites excluding steroid dienone is 1. The summed E-state index contributed by atoms with van der Waals surface area (Å²) in [4.78, 5) is 17.5. The van der Waals surface area contributed by atoms with Crippen molar-refractivity contribution in [2.45, 2.75) is 66.2 Å². The first-order valence-corrected chi connectivity index (χ1v) is 12.6. The minimum atomic E-state index is -0.402. The van der Waals surface area contributed by atoms with E-state index in [2.05, 4.69) is 82.1 Å². The molecule has 0 aromatic heterocycles. The predicted octanol–water partition coefficient (Wildman–Crippen LogP) is 5.91. The molecule has 0 unspecified atom stereocenters. The van der Waals surface area contributed by atoms with Gasteiger partial charge in [-0.3, -0.25) is 9.69 Å². The number of likely N-dealkylation sites (N-methyl/N-ethyl adjacent to an activating group) is 1. The minimum Gasteiger partial charge on any atom is -0.489 e. The lowest BCUT2D eigenvalue weighted by Crippen LogP contribution is -2.56. The second kappa shape index (κ2) is 13.3. The van der Waals surface area contributed by atoms with Crippen molar-refractivity contribution < 1.29 is 9.53 Å².